The fourth-order valence-corrected chi connectivity index (χ4v) is 4.39. The molecule has 0 aliphatic rings. The first-order chi connectivity index (χ1) is 18.5. The summed E-state index contributed by atoms with van der Waals surface area (Å²) in [5, 5.41) is 3.67. The molecular formula is C32H31ClN2O3. The summed E-state index contributed by atoms with van der Waals surface area (Å²) in [6.07, 6.45) is 0.550. The Balaban J connectivity index is 1.64. The molecule has 38 heavy (non-hydrogen) atoms. The normalized spacial score (nSPS) is 11.4. The predicted molar refractivity (Wildman–Crippen MR) is 151 cm³/mol. The topological polar surface area (TPSA) is 58.6 Å². The largest absolute Gasteiger partial charge is 0.497 e. The molecule has 0 spiro atoms. The Morgan fingerprint density at radius 1 is 0.763 bits per heavy atom. The average molecular weight is 527 g/mol. The van der Waals surface area contributed by atoms with Crippen molar-refractivity contribution >= 4 is 23.4 Å². The van der Waals surface area contributed by atoms with Crippen LogP contribution in [0.1, 0.15) is 22.3 Å². The van der Waals surface area contributed by atoms with Crippen molar-refractivity contribution in [3.63, 3.8) is 0 Å². The van der Waals surface area contributed by atoms with Crippen LogP contribution in [0.2, 0.25) is 5.02 Å². The van der Waals surface area contributed by atoms with Gasteiger partial charge in [-0.1, -0.05) is 96.5 Å². The van der Waals surface area contributed by atoms with Crippen molar-refractivity contribution < 1.29 is 14.3 Å². The van der Waals surface area contributed by atoms with Crippen LogP contribution in [0.4, 0.5) is 0 Å². The molecule has 0 aliphatic heterocycles. The molecule has 4 aromatic rings. The smallest absolute Gasteiger partial charge is 0.243 e. The number of carbonyl (C=O) groups is 2. The fourth-order valence-electron chi connectivity index (χ4n) is 4.26. The van der Waals surface area contributed by atoms with E-state index in [1.54, 1.807) is 24.1 Å². The average Bonchev–Trinajstić information content (AvgIpc) is 2.96. The minimum atomic E-state index is -0.706. The van der Waals surface area contributed by atoms with E-state index in [1.165, 1.54) is 0 Å². The Hall–Kier alpha value is -4.09. The quantitative estimate of drug-likeness (QED) is 0.267. The first-order valence-corrected chi connectivity index (χ1v) is 12.9. The second-order valence-electron chi connectivity index (χ2n) is 9.08. The summed E-state index contributed by atoms with van der Waals surface area (Å²) in [5.74, 6) is 0.392. The number of nitrogens with one attached hydrogen (secondary N) is 1. The molecule has 0 unspecified atom stereocenters. The van der Waals surface area contributed by atoms with Crippen LogP contribution in [0.25, 0.3) is 0 Å². The number of nitrogens with zero attached hydrogens (tertiary/aromatic N) is 1. The van der Waals surface area contributed by atoms with Crippen LogP contribution in [0, 0.1) is 0 Å². The maximum absolute atomic E-state index is 13.8. The second-order valence-corrected chi connectivity index (χ2v) is 9.52. The summed E-state index contributed by atoms with van der Waals surface area (Å²) in [5.41, 5.74) is 3.71. The van der Waals surface area contributed by atoms with Gasteiger partial charge in [0.05, 0.1) is 13.5 Å². The van der Waals surface area contributed by atoms with E-state index < -0.39 is 6.04 Å². The van der Waals surface area contributed by atoms with Gasteiger partial charge in [-0.2, -0.15) is 0 Å². The molecule has 0 fully saturated rings. The number of ether oxygens (including phenoxy) is 1. The third kappa shape index (κ3) is 7.70. The molecule has 0 heterocycles. The lowest BCUT2D eigenvalue weighted by Gasteiger charge is -2.32. The maximum Gasteiger partial charge on any atom is 0.243 e. The molecule has 6 heteroatoms. The molecule has 1 N–H and O–H groups in total. The van der Waals surface area contributed by atoms with Crippen LogP contribution in [0.15, 0.2) is 109 Å². The Kier molecular flexibility index (Phi) is 9.54. The number of carbonyl (C=O) groups excluding carboxylic acids is 2. The molecule has 0 saturated heterocycles. The molecule has 0 aliphatic carbocycles. The van der Waals surface area contributed by atoms with Crippen molar-refractivity contribution in [3.05, 3.63) is 136 Å². The van der Waals surface area contributed by atoms with Crippen molar-refractivity contribution in [2.45, 2.75) is 32.0 Å². The van der Waals surface area contributed by atoms with Gasteiger partial charge in [-0.3, -0.25) is 9.59 Å². The molecule has 0 aromatic heterocycles. The monoisotopic (exact) mass is 526 g/mol. The highest BCUT2D eigenvalue weighted by atomic mass is 35.5. The van der Waals surface area contributed by atoms with Gasteiger partial charge in [0.15, 0.2) is 0 Å². The van der Waals surface area contributed by atoms with Crippen LogP contribution >= 0.6 is 11.6 Å². The van der Waals surface area contributed by atoms with E-state index in [4.69, 9.17) is 16.3 Å². The summed E-state index contributed by atoms with van der Waals surface area (Å²) in [6, 6.07) is 33.6. The Labute approximate surface area is 229 Å². The standard InChI is InChI=1S/C32H31ClN2O3/c1-38-29-18-14-27(15-19-29)23-35(31(36)21-25-12-16-28(33)17-13-25)30(20-24-8-4-2-5-9-24)32(37)34-22-26-10-6-3-7-11-26/h2-19,30H,20-23H2,1H3,(H,34,37)/t30-/m0/s1. The van der Waals surface area contributed by atoms with Gasteiger partial charge in [-0.25, -0.2) is 0 Å². The number of rotatable bonds is 11. The first-order valence-electron chi connectivity index (χ1n) is 12.5. The van der Waals surface area contributed by atoms with E-state index >= 15 is 0 Å². The molecular weight excluding hydrogens is 496 g/mol. The zero-order valence-electron chi connectivity index (χ0n) is 21.3. The molecule has 0 bridgehead atoms. The summed E-state index contributed by atoms with van der Waals surface area (Å²) in [4.78, 5) is 29.2. The molecule has 0 radical (unpaired) electrons. The lowest BCUT2D eigenvalue weighted by Crippen LogP contribution is -2.50. The molecule has 1 atom stereocenters. The summed E-state index contributed by atoms with van der Waals surface area (Å²) in [7, 11) is 1.61. The maximum atomic E-state index is 13.8. The van der Waals surface area contributed by atoms with Gasteiger partial charge in [0.1, 0.15) is 11.8 Å². The number of halogens is 1. The molecule has 2 amide bonds. The van der Waals surface area contributed by atoms with E-state index in [0.717, 1.165) is 28.0 Å². The number of hydrogen-bond acceptors (Lipinski definition) is 3. The first kappa shape index (κ1) is 27.0. The van der Waals surface area contributed by atoms with E-state index in [-0.39, 0.29) is 24.8 Å². The minimum Gasteiger partial charge on any atom is -0.497 e. The zero-order chi connectivity index (χ0) is 26.7. The van der Waals surface area contributed by atoms with Crippen LogP contribution in [-0.4, -0.2) is 29.9 Å². The van der Waals surface area contributed by atoms with Crippen molar-refractivity contribution in [1.29, 1.82) is 0 Å². The molecule has 4 rings (SSSR count). The molecule has 194 valence electrons. The summed E-state index contributed by atoms with van der Waals surface area (Å²) >= 11 is 6.05. The highest BCUT2D eigenvalue weighted by Gasteiger charge is 2.30. The number of hydrogen-bond donors (Lipinski definition) is 1. The van der Waals surface area contributed by atoms with Crippen LogP contribution in [0.3, 0.4) is 0 Å². The van der Waals surface area contributed by atoms with Crippen molar-refractivity contribution in [3.8, 4) is 5.75 Å². The molecule has 0 saturated carbocycles. The van der Waals surface area contributed by atoms with E-state index in [1.807, 2.05) is 97.1 Å². The van der Waals surface area contributed by atoms with Crippen molar-refractivity contribution in [1.82, 2.24) is 10.2 Å². The highest BCUT2D eigenvalue weighted by Crippen LogP contribution is 2.19. The van der Waals surface area contributed by atoms with Crippen LogP contribution in [-0.2, 0) is 35.5 Å². The molecule has 4 aromatic carbocycles. The Bertz CT molecular complexity index is 1310. The predicted octanol–water partition coefficient (Wildman–Crippen LogP) is 5.85. The van der Waals surface area contributed by atoms with E-state index in [9.17, 15) is 9.59 Å². The third-order valence-corrected chi connectivity index (χ3v) is 6.61. The number of methoxy groups -OCH3 is 1. The van der Waals surface area contributed by atoms with Crippen molar-refractivity contribution in [2.24, 2.45) is 0 Å². The second kappa shape index (κ2) is 13.5. The van der Waals surface area contributed by atoms with Gasteiger partial charge in [0.2, 0.25) is 11.8 Å². The lowest BCUT2D eigenvalue weighted by molar-refractivity contribution is -0.140. The summed E-state index contributed by atoms with van der Waals surface area (Å²) in [6.45, 7) is 0.666. The van der Waals surface area contributed by atoms with Gasteiger partial charge in [0, 0.05) is 24.5 Å². The van der Waals surface area contributed by atoms with Gasteiger partial charge in [-0.05, 0) is 46.5 Å². The molecule has 5 nitrogen and oxygen atoms in total. The van der Waals surface area contributed by atoms with Crippen LogP contribution < -0.4 is 10.1 Å². The highest BCUT2D eigenvalue weighted by molar-refractivity contribution is 6.30. The van der Waals surface area contributed by atoms with Gasteiger partial charge in [0.25, 0.3) is 0 Å². The van der Waals surface area contributed by atoms with Crippen LogP contribution in [0.5, 0.6) is 5.75 Å². The SMILES string of the molecule is COc1ccc(CN(C(=O)Cc2ccc(Cl)cc2)[C@@H](Cc2ccccc2)C(=O)NCc2ccccc2)cc1. The Morgan fingerprint density at radius 3 is 1.95 bits per heavy atom. The van der Waals surface area contributed by atoms with Gasteiger partial charge >= 0.3 is 0 Å². The van der Waals surface area contributed by atoms with E-state index in [0.29, 0.717) is 18.0 Å². The van der Waals surface area contributed by atoms with Gasteiger partial charge in [-0.15, -0.1) is 0 Å². The van der Waals surface area contributed by atoms with Crippen molar-refractivity contribution in [2.75, 3.05) is 7.11 Å². The zero-order valence-corrected chi connectivity index (χ0v) is 22.1. The Morgan fingerprint density at radius 2 is 1.34 bits per heavy atom. The van der Waals surface area contributed by atoms with E-state index in [2.05, 4.69) is 5.32 Å². The summed E-state index contributed by atoms with van der Waals surface area (Å²) < 4.78 is 5.29. The minimum absolute atomic E-state index is 0.140. The fraction of sp³-hybridized carbons (Fsp3) is 0.188. The third-order valence-electron chi connectivity index (χ3n) is 6.36. The van der Waals surface area contributed by atoms with Gasteiger partial charge < -0.3 is 15.0 Å². The number of benzene rings is 4. The lowest BCUT2D eigenvalue weighted by atomic mass is 10.0. The number of amides is 2.